The summed E-state index contributed by atoms with van der Waals surface area (Å²) < 4.78 is 10.2. The highest BCUT2D eigenvalue weighted by atomic mass is 16.5. The van der Waals surface area contributed by atoms with E-state index in [0.717, 1.165) is 5.56 Å². The summed E-state index contributed by atoms with van der Waals surface area (Å²) in [6.45, 7) is -0.479. The third-order valence-corrected chi connectivity index (χ3v) is 4.55. The number of aromatic nitrogens is 3. The van der Waals surface area contributed by atoms with E-state index in [4.69, 9.17) is 14.2 Å². The molecule has 1 aliphatic rings. The molecule has 9 nitrogen and oxygen atoms in total. The first-order chi connectivity index (χ1) is 13.1. The van der Waals surface area contributed by atoms with E-state index in [9.17, 15) is 9.90 Å². The zero-order chi connectivity index (χ0) is 18.8. The molecule has 1 saturated carbocycles. The third-order valence-electron chi connectivity index (χ3n) is 4.55. The lowest BCUT2D eigenvalue weighted by Crippen LogP contribution is -2.43. The Hall–Kier alpha value is -3.04. The lowest BCUT2D eigenvalue weighted by atomic mass is 9.79. The van der Waals surface area contributed by atoms with Gasteiger partial charge in [-0.15, -0.1) is 0 Å². The van der Waals surface area contributed by atoms with Crippen LogP contribution in [0.15, 0.2) is 45.4 Å². The molecule has 140 valence electrons. The van der Waals surface area contributed by atoms with Gasteiger partial charge in [0, 0.05) is 23.6 Å². The molecule has 0 aliphatic heterocycles. The van der Waals surface area contributed by atoms with Crippen molar-refractivity contribution in [2.24, 2.45) is 0 Å². The van der Waals surface area contributed by atoms with Gasteiger partial charge in [-0.3, -0.25) is 4.79 Å². The van der Waals surface area contributed by atoms with Gasteiger partial charge in [0.15, 0.2) is 23.4 Å². The Kier molecular flexibility index (Phi) is 4.69. The molecule has 1 fully saturated rings. The minimum absolute atomic E-state index is 0.00368. The largest absolute Gasteiger partial charge is 0.393 e. The number of hydrogen-bond donors (Lipinski definition) is 3. The van der Waals surface area contributed by atoms with Crippen molar-refractivity contribution < 1.29 is 24.1 Å². The molecule has 27 heavy (non-hydrogen) atoms. The average molecular weight is 370 g/mol. The molecule has 2 heterocycles. The molecule has 0 radical (unpaired) electrons. The van der Waals surface area contributed by atoms with Gasteiger partial charge in [0.25, 0.3) is 11.8 Å². The van der Waals surface area contributed by atoms with Crippen molar-refractivity contribution in [3.8, 4) is 11.3 Å². The highest BCUT2D eigenvalue weighted by molar-refractivity contribution is 5.93. The Morgan fingerprint density at radius 3 is 2.74 bits per heavy atom. The van der Waals surface area contributed by atoms with E-state index in [1.807, 2.05) is 30.3 Å². The van der Waals surface area contributed by atoms with Gasteiger partial charge in [-0.05, 0) is 12.8 Å². The third kappa shape index (κ3) is 3.60. The molecule has 1 amide bonds. The number of carbonyl (C=O) groups excluding carboxylic acids is 1. The Balaban J connectivity index is 1.32. The first kappa shape index (κ1) is 17.4. The van der Waals surface area contributed by atoms with E-state index in [-0.39, 0.29) is 29.5 Å². The Labute approximate surface area is 154 Å². The van der Waals surface area contributed by atoms with Crippen LogP contribution in [0.5, 0.6) is 0 Å². The van der Waals surface area contributed by atoms with Crippen LogP contribution in [0, 0.1) is 0 Å². The number of nitrogens with one attached hydrogen (secondary N) is 1. The van der Waals surface area contributed by atoms with Gasteiger partial charge in [-0.25, -0.2) is 0 Å². The van der Waals surface area contributed by atoms with Crippen LogP contribution in [0.4, 0.5) is 0 Å². The Bertz CT molecular complexity index is 917. The van der Waals surface area contributed by atoms with Crippen molar-refractivity contribution in [1.29, 1.82) is 0 Å². The summed E-state index contributed by atoms with van der Waals surface area (Å²) in [7, 11) is 0. The number of aliphatic hydroxyl groups is 2. The molecule has 1 aromatic carbocycles. The van der Waals surface area contributed by atoms with E-state index in [1.165, 1.54) is 0 Å². The second-order valence-corrected chi connectivity index (χ2v) is 6.47. The summed E-state index contributed by atoms with van der Waals surface area (Å²) in [6.07, 6.45) is 0.139. The average Bonchev–Trinajstić information content (AvgIpc) is 3.34. The number of rotatable bonds is 6. The van der Waals surface area contributed by atoms with Gasteiger partial charge in [0.1, 0.15) is 0 Å². The van der Waals surface area contributed by atoms with E-state index in [0.29, 0.717) is 24.4 Å². The molecule has 4 rings (SSSR count). The molecular formula is C18H18N4O5. The van der Waals surface area contributed by atoms with E-state index in [1.54, 1.807) is 6.07 Å². The maximum absolute atomic E-state index is 12.3. The van der Waals surface area contributed by atoms with Crippen LogP contribution in [0.2, 0.25) is 0 Å². The molecule has 1 aliphatic carbocycles. The molecule has 3 N–H and O–H groups in total. The van der Waals surface area contributed by atoms with Gasteiger partial charge < -0.3 is 24.6 Å². The summed E-state index contributed by atoms with van der Waals surface area (Å²) in [5.74, 6) is 0.741. The summed E-state index contributed by atoms with van der Waals surface area (Å²) >= 11 is 0. The fourth-order valence-corrected chi connectivity index (χ4v) is 2.95. The topological polar surface area (TPSA) is 135 Å². The monoisotopic (exact) mass is 370 g/mol. The molecule has 0 spiro atoms. The van der Waals surface area contributed by atoms with Gasteiger partial charge in [-0.2, -0.15) is 4.98 Å². The van der Waals surface area contributed by atoms with Crippen LogP contribution in [0.25, 0.3) is 11.3 Å². The van der Waals surface area contributed by atoms with Crippen LogP contribution < -0.4 is 5.32 Å². The minimum Gasteiger partial charge on any atom is -0.393 e. The number of benzene rings is 1. The van der Waals surface area contributed by atoms with Gasteiger partial charge in [-0.1, -0.05) is 40.6 Å². The van der Waals surface area contributed by atoms with Crippen LogP contribution in [-0.2, 0) is 0 Å². The van der Waals surface area contributed by atoms with Crippen molar-refractivity contribution in [3.63, 3.8) is 0 Å². The normalized spacial score (nSPS) is 20.1. The van der Waals surface area contributed by atoms with E-state index in [2.05, 4.69) is 20.6 Å². The van der Waals surface area contributed by atoms with Gasteiger partial charge >= 0.3 is 0 Å². The predicted molar refractivity (Wildman–Crippen MR) is 91.5 cm³/mol. The van der Waals surface area contributed by atoms with E-state index >= 15 is 0 Å². The fourth-order valence-electron chi connectivity index (χ4n) is 2.95. The number of amides is 1. The summed E-state index contributed by atoms with van der Waals surface area (Å²) in [6, 6.07) is 11.0. The maximum atomic E-state index is 12.3. The summed E-state index contributed by atoms with van der Waals surface area (Å²) in [4.78, 5) is 16.4. The van der Waals surface area contributed by atoms with Crippen LogP contribution in [0.1, 0.15) is 47.1 Å². The standard InChI is InChI=1S/C18H18N4O5/c23-9-14(24)18-20-16(22-27-18)11-6-12(7-11)19-17(25)13-8-15(26-21-13)10-4-2-1-3-5-10/h1-5,8,11-12,14,23-24H,6-7,9H2,(H,19,25)/t11-,12+,14-/m0/s1. The number of hydrogen-bond acceptors (Lipinski definition) is 8. The number of nitrogens with zero attached hydrogens (tertiary/aromatic N) is 3. The fraction of sp³-hybridized carbons (Fsp3) is 0.333. The maximum Gasteiger partial charge on any atom is 0.273 e. The van der Waals surface area contributed by atoms with Crippen molar-refractivity contribution in [3.05, 3.63) is 53.8 Å². The molecule has 2 aromatic heterocycles. The second kappa shape index (κ2) is 7.29. The first-order valence-electron chi connectivity index (χ1n) is 8.59. The van der Waals surface area contributed by atoms with Gasteiger partial charge in [0.2, 0.25) is 0 Å². The molecule has 1 atom stereocenters. The van der Waals surface area contributed by atoms with Crippen LogP contribution >= 0.6 is 0 Å². The van der Waals surface area contributed by atoms with Crippen molar-refractivity contribution in [1.82, 2.24) is 20.6 Å². The molecule has 0 saturated heterocycles. The predicted octanol–water partition coefficient (Wildman–Crippen LogP) is 1.43. The quantitative estimate of drug-likeness (QED) is 0.593. The van der Waals surface area contributed by atoms with Crippen molar-refractivity contribution >= 4 is 5.91 Å². The second-order valence-electron chi connectivity index (χ2n) is 6.47. The molecule has 0 bridgehead atoms. The first-order valence-corrected chi connectivity index (χ1v) is 8.59. The Morgan fingerprint density at radius 1 is 1.22 bits per heavy atom. The van der Waals surface area contributed by atoms with Crippen LogP contribution in [-0.4, -0.2) is 44.1 Å². The zero-order valence-corrected chi connectivity index (χ0v) is 14.3. The highest BCUT2D eigenvalue weighted by Gasteiger charge is 2.35. The van der Waals surface area contributed by atoms with Crippen LogP contribution in [0.3, 0.4) is 0 Å². The van der Waals surface area contributed by atoms with E-state index < -0.39 is 12.7 Å². The Morgan fingerprint density at radius 2 is 2.00 bits per heavy atom. The van der Waals surface area contributed by atoms with Crippen molar-refractivity contribution in [2.45, 2.75) is 30.9 Å². The number of carbonyl (C=O) groups is 1. The molecule has 3 aromatic rings. The zero-order valence-electron chi connectivity index (χ0n) is 14.3. The van der Waals surface area contributed by atoms with Crippen molar-refractivity contribution in [2.75, 3.05) is 6.61 Å². The lowest BCUT2D eigenvalue weighted by molar-refractivity contribution is 0.0678. The molecule has 0 unspecified atom stereocenters. The smallest absolute Gasteiger partial charge is 0.273 e. The SMILES string of the molecule is O=C(N[C@H]1C[C@@H](c2noc([C@@H](O)CO)n2)C1)c1cc(-c2ccccc2)on1. The molecular weight excluding hydrogens is 352 g/mol. The highest BCUT2D eigenvalue weighted by Crippen LogP contribution is 2.35. The van der Waals surface area contributed by atoms with Gasteiger partial charge in [0.05, 0.1) is 6.61 Å². The minimum atomic E-state index is -1.17. The summed E-state index contributed by atoms with van der Waals surface area (Å²) in [5.41, 5.74) is 1.08. The molecule has 9 heteroatoms. The number of aliphatic hydroxyl groups excluding tert-OH is 2. The summed E-state index contributed by atoms with van der Waals surface area (Å²) in [5, 5.41) is 28.9. The lowest BCUT2D eigenvalue weighted by Gasteiger charge is -2.33.